The number of carboxylic acids is 1. The van der Waals surface area contributed by atoms with Crippen molar-refractivity contribution in [2.75, 3.05) is 19.7 Å². The summed E-state index contributed by atoms with van der Waals surface area (Å²) in [5.41, 5.74) is 3.84. The summed E-state index contributed by atoms with van der Waals surface area (Å²) < 4.78 is 5.63. The summed E-state index contributed by atoms with van der Waals surface area (Å²) in [5, 5.41) is 12.1. The van der Waals surface area contributed by atoms with Gasteiger partial charge in [0.2, 0.25) is 5.91 Å². The van der Waals surface area contributed by atoms with Crippen LogP contribution in [-0.4, -0.2) is 53.7 Å². The van der Waals surface area contributed by atoms with Crippen LogP contribution >= 0.6 is 0 Å². The Hall–Kier alpha value is -3.35. The number of benzene rings is 2. The highest BCUT2D eigenvalue weighted by molar-refractivity contribution is 5.84. The number of carbonyl (C=O) groups is 3. The Kier molecular flexibility index (Phi) is 7.15. The van der Waals surface area contributed by atoms with E-state index in [0.29, 0.717) is 25.8 Å². The second kappa shape index (κ2) is 10.1. The van der Waals surface area contributed by atoms with Crippen LogP contribution in [0.2, 0.25) is 0 Å². The molecule has 0 radical (unpaired) electrons. The monoisotopic (exact) mass is 478 g/mol. The van der Waals surface area contributed by atoms with Crippen LogP contribution in [0.4, 0.5) is 4.79 Å². The quantitative estimate of drug-likeness (QED) is 0.604. The number of fused-ring (bicyclic) bond motifs is 3. The molecule has 2 aromatic carbocycles. The zero-order valence-electron chi connectivity index (χ0n) is 20.6. The minimum absolute atomic E-state index is 0.0243. The van der Waals surface area contributed by atoms with E-state index in [2.05, 4.69) is 29.6 Å². The van der Waals surface area contributed by atoms with Gasteiger partial charge in [-0.05, 0) is 55.4 Å². The molecule has 2 N–H and O–H groups in total. The Morgan fingerprint density at radius 2 is 1.69 bits per heavy atom. The third-order valence-electron chi connectivity index (χ3n) is 7.75. The predicted molar refractivity (Wildman–Crippen MR) is 133 cm³/mol. The maximum Gasteiger partial charge on any atom is 0.407 e. The number of hydrogen-bond donors (Lipinski definition) is 2. The first-order valence-electron chi connectivity index (χ1n) is 12.4. The zero-order valence-corrected chi connectivity index (χ0v) is 20.6. The minimum Gasteiger partial charge on any atom is -0.481 e. The van der Waals surface area contributed by atoms with E-state index in [4.69, 9.17) is 4.74 Å². The van der Waals surface area contributed by atoms with Gasteiger partial charge in [0.25, 0.3) is 0 Å². The van der Waals surface area contributed by atoms with Crippen LogP contribution in [-0.2, 0) is 14.3 Å². The van der Waals surface area contributed by atoms with Crippen molar-refractivity contribution in [3.05, 3.63) is 59.7 Å². The Labute approximate surface area is 206 Å². The Morgan fingerprint density at radius 1 is 1.09 bits per heavy atom. The van der Waals surface area contributed by atoms with Crippen LogP contribution in [0, 0.1) is 11.3 Å². The van der Waals surface area contributed by atoms with E-state index in [1.165, 1.54) is 11.1 Å². The molecule has 7 heteroatoms. The van der Waals surface area contributed by atoms with Crippen LogP contribution in [0.1, 0.15) is 57.1 Å². The molecular weight excluding hydrogens is 444 g/mol. The van der Waals surface area contributed by atoms with Crippen LogP contribution in [0.15, 0.2) is 48.5 Å². The van der Waals surface area contributed by atoms with Crippen molar-refractivity contribution in [3.8, 4) is 11.1 Å². The number of rotatable bonds is 7. The fourth-order valence-corrected chi connectivity index (χ4v) is 5.31. The average Bonchev–Trinajstić information content (AvgIpc) is 3.19. The van der Waals surface area contributed by atoms with E-state index < -0.39 is 23.4 Å². The normalized spacial score (nSPS) is 20.9. The molecule has 1 saturated heterocycles. The zero-order chi connectivity index (χ0) is 25.2. The number of nitrogens with zero attached hydrogens (tertiary/aromatic N) is 1. The Bertz CT molecular complexity index is 1070. The molecule has 0 aromatic heterocycles. The van der Waals surface area contributed by atoms with Gasteiger partial charge in [-0.2, -0.15) is 0 Å². The molecule has 35 heavy (non-hydrogen) atoms. The maximum atomic E-state index is 13.4. The van der Waals surface area contributed by atoms with Gasteiger partial charge in [-0.25, -0.2) is 4.79 Å². The summed E-state index contributed by atoms with van der Waals surface area (Å²) in [7, 11) is 0. The van der Waals surface area contributed by atoms with Crippen molar-refractivity contribution in [3.63, 3.8) is 0 Å². The Balaban J connectivity index is 1.35. The van der Waals surface area contributed by atoms with E-state index in [0.717, 1.165) is 11.1 Å². The van der Waals surface area contributed by atoms with Gasteiger partial charge >= 0.3 is 12.1 Å². The molecule has 1 fully saturated rings. The molecule has 1 aliphatic carbocycles. The number of carbonyl (C=O) groups excluding carboxylic acids is 2. The molecule has 0 saturated carbocycles. The summed E-state index contributed by atoms with van der Waals surface area (Å²) in [6.07, 6.45) is 0.893. The lowest BCUT2D eigenvalue weighted by Crippen LogP contribution is -2.54. The smallest absolute Gasteiger partial charge is 0.407 e. The number of ether oxygens (including phenoxy) is 1. The highest BCUT2D eigenvalue weighted by Crippen LogP contribution is 2.44. The molecular formula is C28H34N2O5. The SMILES string of the molecule is CCC(C)(CNC(=O)OCC1c2ccccc2-c2ccccc21)C(=O)N1CCC(C(=O)O)CC1C. The van der Waals surface area contributed by atoms with Crippen molar-refractivity contribution in [1.29, 1.82) is 0 Å². The van der Waals surface area contributed by atoms with Gasteiger partial charge in [0.15, 0.2) is 0 Å². The van der Waals surface area contributed by atoms with Crippen molar-refractivity contribution < 1.29 is 24.2 Å². The lowest BCUT2D eigenvalue weighted by Gasteiger charge is -2.41. The van der Waals surface area contributed by atoms with Gasteiger partial charge in [-0.1, -0.05) is 55.5 Å². The molecule has 2 aromatic rings. The lowest BCUT2D eigenvalue weighted by molar-refractivity contribution is -0.151. The third-order valence-corrected chi connectivity index (χ3v) is 7.75. The topological polar surface area (TPSA) is 95.9 Å². The molecule has 3 unspecified atom stereocenters. The number of likely N-dealkylation sites (tertiary alicyclic amines) is 1. The summed E-state index contributed by atoms with van der Waals surface area (Å²) in [4.78, 5) is 39.1. The van der Waals surface area contributed by atoms with Crippen molar-refractivity contribution >= 4 is 18.0 Å². The largest absolute Gasteiger partial charge is 0.481 e. The number of aliphatic carboxylic acids is 1. The van der Waals surface area contributed by atoms with Crippen molar-refractivity contribution in [2.24, 2.45) is 11.3 Å². The van der Waals surface area contributed by atoms with Crippen LogP contribution in [0.25, 0.3) is 11.1 Å². The molecule has 7 nitrogen and oxygen atoms in total. The molecule has 4 rings (SSSR count). The van der Waals surface area contributed by atoms with E-state index in [-0.39, 0.29) is 31.0 Å². The van der Waals surface area contributed by atoms with Gasteiger partial charge in [0.1, 0.15) is 6.61 Å². The maximum absolute atomic E-state index is 13.4. The third kappa shape index (κ3) is 4.90. The molecule has 3 atom stereocenters. The van der Waals surface area contributed by atoms with Crippen LogP contribution in [0.5, 0.6) is 0 Å². The Morgan fingerprint density at radius 3 is 2.23 bits per heavy atom. The molecule has 186 valence electrons. The lowest BCUT2D eigenvalue weighted by atomic mass is 9.83. The summed E-state index contributed by atoms with van der Waals surface area (Å²) in [6, 6.07) is 16.2. The molecule has 0 spiro atoms. The summed E-state index contributed by atoms with van der Waals surface area (Å²) in [5.74, 6) is -1.31. The predicted octanol–water partition coefficient (Wildman–Crippen LogP) is 4.65. The first-order valence-corrected chi connectivity index (χ1v) is 12.4. The first-order chi connectivity index (χ1) is 16.7. The molecule has 0 bridgehead atoms. The number of carboxylic acid groups (broad SMARTS) is 1. The van der Waals surface area contributed by atoms with Gasteiger partial charge in [0, 0.05) is 25.0 Å². The number of hydrogen-bond acceptors (Lipinski definition) is 4. The van der Waals surface area contributed by atoms with E-state index in [1.54, 1.807) is 4.90 Å². The summed E-state index contributed by atoms with van der Waals surface area (Å²) in [6.45, 7) is 6.45. The van der Waals surface area contributed by atoms with Gasteiger partial charge in [0.05, 0.1) is 11.3 Å². The number of nitrogens with one attached hydrogen (secondary N) is 1. The summed E-state index contributed by atoms with van der Waals surface area (Å²) >= 11 is 0. The first kappa shape index (κ1) is 24.8. The van der Waals surface area contributed by atoms with E-state index in [9.17, 15) is 19.5 Å². The minimum atomic E-state index is -0.806. The number of alkyl carbamates (subject to hydrolysis) is 1. The second-order valence-electron chi connectivity index (χ2n) is 10.0. The van der Waals surface area contributed by atoms with Gasteiger partial charge < -0.3 is 20.1 Å². The number of amides is 2. The standard InChI is InChI=1S/C28H34N2O5/c1-4-28(3,26(33)30-14-13-19(25(31)32)15-18(30)2)17-29-27(34)35-16-24-22-11-7-5-9-20(22)21-10-6-8-12-23(21)24/h5-12,18-19,24H,4,13-17H2,1-3H3,(H,29,34)(H,31,32). The highest BCUT2D eigenvalue weighted by atomic mass is 16.5. The molecule has 2 aliphatic rings. The molecule has 2 amide bonds. The van der Waals surface area contributed by atoms with E-state index >= 15 is 0 Å². The van der Waals surface area contributed by atoms with Crippen LogP contribution in [0.3, 0.4) is 0 Å². The van der Waals surface area contributed by atoms with Gasteiger partial charge in [-0.15, -0.1) is 0 Å². The average molecular weight is 479 g/mol. The molecule has 1 heterocycles. The van der Waals surface area contributed by atoms with Crippen LogP contribution < -0.4 is 5.32 Å². The van der Waals surface area contributed by atoms with Gasteiger partial charge in [-0.3, -0.25) is 9.59 Å². The van der Waals surface area contributed by atoms with E-state index in [1.807, 2.05) is 45.0 Å². The fourth-order valence-electron chi connectivity index (χ4n) is 5.31. The second-order valence-corrected chi connectivity index (χ2v) is 10.0. The number of piperidine rings is 1. The van der Waals surface area contributed by atoms with Crippen molar-refractivity contribution in [1.82, 2.24) is 10.2 Å². The highest BCUT2D eigenvalue weighted by Gasteiger charge is 2.40. The fraction of sp³-hybridized carbons (Fsp3) is 0.464. The molecule has 1 aliphatic heterocycles. The van der Waals surface area contributed by atoms with Crippen molar-refractivity contribution in [2.45, 2.75) is 52.0 Å².